The number of aromatic nitrogens is 1. The standard InChI is InChI=1S/C26H21ClN2O3/c1-16-12-13-19(14-21(16)27)28-23(30)15-32-26(31)24-17(2)25(18-8-4-3-5-9-18)29-22-11-7-6-10-20(22)24/h3-14H,15H2,1-2H3,(H,28,30). The number of esters is 1. The number of pyridine rings is 1. The molecule has 1 aromatic heterocycles. The summed E-state index contributed by atoms with van der Waals surface area (Å²) in [5, 5.41) is 3.92. The first-order valence-electron chi connectivity index (χ1n) is 10.1. The molecule has 1 amide bonds. The van der Waals surface area contributed by atoms with Crippen LogP contribution < -0.4 is 5.32 Å². The average Bonchev–Trinajstić information content (AvgIpc) is 2.80. The molecule has 0 fully saturated rings. The molecule has 0 spiro atoms. The van der Waals surface area contributed by atoms with Crippen molar-refractivity contribution in [3.8, 4) is 11.3 Å². The van der Waals surface area contributed by atoms with Crippen LogP contribution in [0, 0.1) is 13.8 Å². The number of fused-ring (bicyclic) bond motifs is 1. The lowest BCUT2D eigenvalue weighted by Gasteiger charge is -2.14. The molecule has 5 nitrogen and oxygen atoms in total. The van der Waals surface area contributed by atoms with Crippen molar-refractivity contribution in [1.29, 1.82) is 0 Å². The number of aryl methyl sites for hydroxylation is 1. The zero-order valence-electron chi connectivity index (χ0n) is 17.7. The van der Waals surface area contributed by atoms with E-state index in [1.165, 1.54) is 0 Å². The molecule has 4 aromatic rings. The summed E-state index contributed by atoms with van der Waals surface area (Å²) in [5.41, 5.74) is 4.84. The highest BCUT2D eigenvalue weighted by molar-refractivity contribution is 6.31. The number of nitrogens with one attached hydrogen (secondary N) is 1. The Morgan fingerprint density at radius 2 is 1.69 bits per heavy atom. The zero-order chi connectivity index (χ0) is 22.7. The summed E-state index contributed by atoms with van der Waals surface area (Å²) in [6.07, 6.45) is 0. The van der Waals surface area contributed by atoms with Gasteiger partial charge >= 0.3 is 5.97 Å². The summed E-state index contributed by atoms with van der Waals surface area (Å²) in [7, 11) is 0. The van der Waals surface area contributed by atoms with E-state index in [1.54, 1.807) is 12.1 Å². The van der Waals surface area contributed by atoms with E-state index >= 15 is 0 Å². The largest absolute Gasteiger partial charge is 0.452 e. The van der Waals surface area contributed by atoms with E-state index < -0.39 is 18.5 Å². The second-order valence-electron chi connectivity index (χ2n) is 7.43. The van der Waals surface area contributed by atoms with Crippen LogP contribution in [0.5, 0.6) is 0 Å². The summed E-state index contributed by atoms with van der Waals surface area (Å²) < 4.78 is 5.38. The Morgan fingerprint density at radius 1 is 0.969 bits per heavy atom. The van der Waals surface area contributed by atoms with Crippen LogP contribution in [-0.4, -0.2) is 23.5 Å². The Hall–Kier alpha value is -3.70. The van der Waals surface area contributed by atoms with E-state index in [9.17, 15) is 9.59 Å². The second-order valence-corrected chi connectivity index (χ2v) is 7.84. The van der Waals surface area contributed by atoms with Gasteiger partial charge in [0.1, 0.15) is 0 Å². The third-order valence-electron chi connectivity index (χ3n) is 5.18. The first kappa shape index (κ1) is 21.5. The first-order chi connectivity index (χ1) is 15.4. The van der Waals surface area contributed by atoms with Crippen molar-refractivity contribution in [3.05, 3.63) is 94.5 Å². The molecule has 0 radical (unpaired) electrons. The highest BCUT2D eigenvalue weighted by atomic mass is 35.5. The zero-order valence-corrected chi connectivity index (χ0v) is 18.4. The molecule has 4 rings (SSSR count). The monoisotopic (exact) mass is 444 g/mol. The molecule has 0 aliphatic rings. The van der Waals surface area contributed by atoms with Gasteiger partial charge in [0, 0.05) is 21.7 Å². The summed E-state index contributed by atoms with van der Waals surface area (Å²) in [6.45, 7) is 3.30. The maximum Gasteiger partial charge on any atom is 0.339 e. The summed E-state index contributed by atoms with van der Waals surface area (Å²) in [4.78, 5) is 30.2. The van der Waals surface area contributed by atoms with Crippen LogP contribution in [0.1, 0.15) is 21.5 Å². The number of para-hydroxylation sites is 1. The topological polar surface area (TPSA) is 68.3 Å². The summed E-state index contributed by atoms with van der Waals surface area (Å²) in [6, 6.07) is 22.3. The number of carbonyl (C=O) groups excluding carboxylic acids is 2. The first-order valence-corrected chi connectivity index (χ1v) is 10.5. The number of amides is 1. The van der Waals surface area contributed by atoms with Gasteiger partial charge in [-0.3, -0.25) is 4.79 Å². The minimum Gasteiger partial charge on any atom is -0.452 e. The van der Waals surface area contributed by atoms with E-state index in [0.29, 0.717) is 38.4 Å². The van der Waals surface area contributed by atoms with Crippen LogP contribution in [0.15, 0.2) is 72.8 Å². The van der Waals surface area contributed by atoms with Gasteiger partial charge in [0.05, 0.1) is 16.8 Å². The Balaban J connectivity index is 1.59. The van der Waals surface area contributed by atoms with Gasteiger partial charge < -0.3 is 10.1 Å². The quantitative estimate of drug-likeness (QED) is 0.385. The fourth-order valence-corrected chi connectivity index (χ4v) is 3.70. The molecular formula is C26H21ClN2O3. The molecule has 0 saturated heterocycles. The number of carbonyl (C=O) groups is 2. The second kappa shape index (κ2) is 9.20. The van der Waals surface area contributed by atoms with Crippen LogP contribution in [0.2, 0.25) is 5.02 Å². The molecule has 160 valence electrons. The van der Waals surface area contributed by atoms with Crippen molar-refractivity contribution in [2.45, 2.75) is 13.8 Å². The Morgan fingerprint density at radius 3 is 2.44 bits per heavy atom. The van der Waals surface area contributed by atoms with Crippen LogP contribution >= 0.6 is 11.6 Å². The molecule has 1 heterocycles. The van der Waals surface area contributed by atoms with Crippen LogP contribution in [0.4, 0.5) is 5.69 Å². The molecule has 6 heteroatoms. The third kappa shape index (κ3) is 4.48. The molecule has 0 bridgehead atoms. The highest BCUT2D eigenvalue weighted by Crippen LogP contribution is 2.30. The number of hydrogen-bond donors (Lipinski definition) is 1. The van der Waals surface area contributed by atoms with Crippen LogP contribution in [0.3, 0.4) is 0 Å². The molecular weight excluding hydrogens is 424 g/mol. The molecule has 0 saturated carbocycles. The molecule has 0 unspecified atom stereocenters. The predicted octanol–water partition coefficient (Wildman–Crippen LogP) is 5.97. The lowest BCUT2D eigenvalue weighted by atomic mass is 9.98. The van der Waals surface area contributed by atoms with Crippen molar-refractivity contribution in [1.82, 2.24) is 4.98 Å². The van der Waals surface area contributed by atoms with Gasteiger partial charge in [-0.05, 0) is 43.2 Å². The maximum absolute atomic E-state index is 13.1. The maximum atomic E-state index is 13.1. The van der Waals surface area contributed by atoms with Crippen LogP contribution in [0.25, 0.3) is 22.2 Å². The normalized spacial score (nSPS) is 10.7. The number of benzene rings is 3. The van der Waals surface area contributed by atoms with Crippen molar-refractivity contribution >= 4 is 40.1 Å². The summed E-state index contributed by atoms with van der Waals surface area (Å²) >= 11 is 6.10. The van der Waals surface area contributed by atoms with Gasteiger partial charge in [-0.1, -0.05) is 66.2 Å². The van der Waals surface area contributed by atoms with Crippen molar-refractivity contribution in [3.63, 3.8) is 0 Å². The summed E-state index contributed by atoms with van der Waals surface area (Å²) in [5.74, 6) is -1.02. The molecule has 3 aromatic carbocycles. The number of rotatable bonds is 5. The number of ether oxygens (including phenoxy) is 1. The number of nitrogens with zero attached hydrogens (tertiary/aromatic N) is 1. The van der Waals surface area contributed by atoms with Crippen LogP contribution in [-0.2, 0) is 9.53 Å². The Labute approximate surface area is 191 Å². The Kier molecular flexibility index (Phi) is 6.19. The SMILES string of the molecule is Cc1ccc(NC(=O)COC(=O)c2c(C)c(-c3ccccc3)nc3ccccc23)cc1Cl. The smallest absolute Gasteiger partial charge is 0.339 e. The molecule has 32 heavy (non-hydrogen) atoms. The molecule has 1 N–H and O–H groups in total. The lowest BCUT2D eigenvalue weighted by Crippen LogP contribution is -2.21. The molecule has 0 aliphatic heterocycles. The van der Waals surface area contributed by atoms with Gasteiger partial charge in [0.15, 0.2) is 6.61 Å². The number of anilines is 1. The van der Waals surface area contributed by atoms with E-state index in [1.807, 2.05) is 74.5 Å². The highest BCUT2D eigenvalue weighted by Gasteiger charge is 2.21. The third-order valence-corrected chi connectivity index (χ3v) is 5.58. The fraction of sp³-hybridized carbons (Fsp3) is 0.115. The Bertz CT molecular complexity index is 1320. The van der Waals surface area contributed by atoms with E-state index in [-0.39, 0.29) is 0 Å². The van der Waals surface area contributed by atoms with Gasteiger partial charge in [-0.2, -0.15) is 0 Å². The van der Waals surface area contributed by atoms with Gasteiger partial charge in [-0.25, -0.2) is 9.78 Å². The van der Waals surface area contributed by atoms with E-state index in [2.05, 4.69) is 5.32 Å². The van der Waals surface area contributed by atoms with Crippen molar-refractivity contribution in [2.75, 3.05) is 11.9 Å². The average molecular weight is 445 g/mol. The van der Waals surface area contributed by atoms with Crippen molar-refractivity contribution in [2.24, 2.45) is 0 Å². The number of halogens is 1. The van der Waals surface area contributed by atoms with Crippen molar-refractivity contribution < 1.29 is 14.3 Å². The minimum atomic E-state index is -0.574. The van der Waals surface area contributed by atoms with Gasteiger partial charge in [-0.15, -0.1) is 0 Å². The van der Waals surface area contributed by atoms with E-state index in [0.717, 1.165) is 11.1 Å². The van der Waals surface area contributed by atoms with Gasteiger partial charge in [0.2, 0.25) is 0 Å². The lowest BCUT2D eigenvalue weighted by molar-refractivity contribution is -0.119. The fourth-order valence-electron chi connectivity index (χ4n) is 3.52. The van der Waals surface area contributed by atoms with E-state index in [4.69, 9.17) is 21.3 Å². The molecule has 0 aliphatic carbocycles. The van der Waals surface area contributed by atoms with Gasteiger partial charge in [0.25, 0.3) is 5.91 Å². The number of hydrogen-bond acceptors (Lipinski definition) is 4. The predicted molar refractivity (Wildman–Crippen MR) is 127 cm³/mol. The molecule has 0 atom stereocenters. The minimum absolute atomic E-state index is 0.403.